The second-order valence-electron chi connectivity index (χ2n) is 5.35. The average molecular weight is 335 g/mol. The van der Waals surface area contributed by atoms with Crippen LogP contribution in [0.1, 0.15) is 49.5 Å². The molecule has 1 aromatic carbocycles. The van der Waals surface area contributed by atoms with Crippen LogP contribution in [0.4, 0.5) is 0 Å². The van der Waals surface area contributed by atoms with Gasteiger partial charge in [-0.3, -0.25) is 14.4 Å². The van der Waals surface area contributed by atoms with Crippen molar-refractivity contribution in [3.63, 3.8) is 0 Å². The Labute approximate surface area is 142 Å². The quantitative estimate of drug-likeness (QED) is 0.553. The Kier molecular flexibility index (Phi) is 7.95. The fourth-order valence-corrected chi connectivity index (χ4v) is 2.40. The number of hydrogen-bond donors (Lipinski definition) is 1. The first-order valence-corrected chi connectivity index (χ1v) is 8.06. The molecule has 1 atom stereocenters. The molecule has 1 aromatic rings. The second-order valence-corrected chi connectivity index (χ2v) is 5.35. The Morgan fingerprint density at radius 1 is 1.21 bits per heavy atom. The summed E-state index contributed by atoms with van der Waals surface area (Å²) in [6, 6.07) is 4.53. The minimum absolute atomic E-state index is 0.172. The number of hydrogen-bond acceptors (Lipinski definition) is 5. The third-order valence-corrected chi connectivity index (χ3v) is 3.58. The van der Waals surface area contributed by atoms with Crippen LogP contribution in [0.3, 0.4) is 0 Å². The number of methoxy groups -OCH3 is 1. The molecule has 24 heavy (non-hydrogen) atoms. The van der Waals surface area contributed by atoms with E-state index in [1.54, 1.807) is 25.1 Å². The van der Waals surface area contributed by atoms with Crippen LogP contribution in [0.25, 0.3) is 0 Å². The van der Waals surface area contributed by atoms with Gasteiger partial charge in [0.05, 0.1) is 19.8 Å². The van der Waals surface area contributed by atoms with Crippen LogP contribution in [-0.4, -0.2) is 37.4 Å². The normalized spacial score (nSPS) is 11.5. The number of aryl methyl sites for hydroxylation is 1. The molecule has 0 heterocycles. The molecule has 1 rings (SSSR count). The summed E-state index contributed by atoms with van der Waals surface area (Å²) in [5, 5.41) is 2.66. The molecule has 6 heteroatoms. The molecule has 0 radical (unpaired) electrons. The van der Waals surface area contributed by atoms with Crippen LogP contribution in [0.15, 0.2) is 18.2 Å². The number of carbonyl (C=O) groups excluding carboxylic acids is 3. The standard InChI is InChI=1S/C18H25NO5/c1-5-16(19-12(3)20)18(22)15-9-8-14(23-4)11-13(15)7-10-17(21)24-6-2/h8-9,11,16H,5-7,10H2,1-4H3,(H,19,20). The summed E-state index contributed by atoms with van der Waals surface area (Å²) in [6.07, 6.45) is 1.04. The minimum atomic E-state index is -0.586. The molecule has 132 valence electrons. The van der Waals surface area contributed by atoms with Gasteiger partial charge in [0.25, 0.3) is 0 Å². The van der Waals surface area contributed by atoms with E-state index in [4.69, 9.17) is 9.47 Å². The smallest absolute Gasteiger partial charge is 0.306 e. The van der Waals surface area contributed by atoms with Crippen molar-refractivity contribution in [2.24, 2.45) is 0 Å². The fraction of sp³-hybridized carbons (Fsp3) is 0.500. The predicted octanol–water partition coefficient (Wildman–Crippen LogP) is 2.29. The highest BCUT2D eigenvalue weighted by Crippen LogP contribution is 2.21. The molecule has 0 spiro atoms. The van der Waals surface area contributed by atoms with E-state index >= 15 is 0 Å². The van der Waals surface area contributed by atoms with Gasteiger partial charge in [-0.25, -0.2) is 0 Å². The molecule has 0 fully saturated rings. The monoisotopic (exact) mass is 335 g/mol. The molecule has 0 aliphatic rings. The molecule has 1 amide bonds. The van der Waals surface area contributed by atoms with E-state index in [2.05, 4.69) is 5.32 Å². The summed E-state index contributed by atoms with van der Waals surface area (Å²) in [6.45, 7) is 5.28. The second kappa shape index (κ2) is 9.70. The highest BCUT2D eigenvalue weighted by atomic mass is 16.5. The van der Waals surface area contributed by atoms with Gasteiger partial charge in [0.2, 0.25) is 5.91 Å². The van der Waals surface area contributed by atoms with E-state index < -0.39 is 6.04 Å². The molecule has 0 aromatic heterocycles. The lowest BCUT2D eigenvalue weighted by Crippen LogP contribution is -2.39. The Hall–Kier alpha value is -2.37. The minimum Gasteiger partial charge on any atom is -0.497 e. The number of nitrogens with one attached hydrogen (secondary N) is 1. The highest BCUT2D eigenvalue weighted by Gasteiger charge is 2.22. The van der Waals surface area contributed by atoms with Gasteiger partial charge in [-0.05, 0) is 43.5 Å². The average Bonchev–Trinajstić information content (AvgIpc) is 2.57. The first-order valence-electron chi connectivity index (χ1n) is 8.06. The summed E-state index contributed by atoms with van der Waals surface area (Å²) in [4.78, 5) is 35.6. The van der Waals surface area contributed by atoms with Gasteiger partial charge in [-0.1, -0.05) is 6.92 Å². The number of benzene rings is 1. The number of rotatable bonds is 9. The van der Waals surface area contributed by atoms with Crippen LogP contribution >= 0.6 is 0 Å². The lowest BCUT2D eigenvalue weighted by molar-refractivity contribution is -0.143. The van der Waals surface area contributed by atoms with Gasteiger partial charge in [-0.15, -0.1) is 0 Å². The molecular formula is C18H25NO5. The Balaban J connectivity index is 3.05. The van der Waals surface area contributed by atoms with Crippen molar-refractivity contribution in [2.75, 3.05) is 13.7 Å². The molecule has 1 unspecified atom stereocenters. The maximum Gasteiger partial charge on any atom is 0.306 e. The number of ketones is 1. The third kappa shape index (κ3) is 5.68. The summed E-state index contributed by atoms with van der Waals surface area (Å²) in [5.74, 6) is -0.128. The molecule has 1 N–H and O–H groups in total. The molecule has 0 aliphatic carbocycles. The highest BCUT2D eigenvalue weighted by molar-refractivity contribution is 6.03. The zero-order valence-corrected chi connectivity index (χ0v) is 14.7. The predicted molar refractivity (Wildman–Crippen MR) is 90.2 cm³/mol. The van der Waals surface area contributed by atoms with E-state index in [1.807, 2.05) is 6.92 Å². The van der Waals surface area contributed by atoms with Crippen molar-refractivity contribution >= 4 is 17.7 Å². The Bertz CT molecular complexity index is 597. The number of amides is 1. The van der Waals surface area contributed by atoms with E-state index in [1.165, 1.54) is 14.0 Å². The number of Topliss-reactive ketones (excluding diaryl/α,β-unsaturated/α-hetero) is 1. The van der Waals surface area contributed by atoms with Gasteiger partial charge in [-0.2, -0.15) is 0 Å². The summed E-state index contributed by atoms with van der Waals surface area (Å²) < 4.78 is 10.1. The first-order chi connectivity index (χ1) is 11.4. The largest absolute Gasteiger partial charge is 0.497 e. The van der Waals surface area contributed by atoms with Gasteiger partial charge in [0.15, 0.2) is 5.78 Å². The zero-order valence-electron chi connectivity index (χ0n) is 14.7. The molecular weight excluding hydrogens is 310 g/mol. The summed E-state index contributed by atoms with van der Waals surface area (Å²) in [5.41, 5.74) is 1.19. The lowest BCUT2D eigenvalue weighted by atomic mass is 9.94. The fourth-order valence-electron chi connectivity index (χ4n) is 2.40. The zero-order chi connectivity index (χ0) is 18.1. The molecule has 0 bridgehead atoms. The van der Waals surface area contributed by atoms with Crippen LogP contribution in [-0.2, 0) is 20.7 Å². The first kappa shape index (κ1) is 19.7. The Morgan fingerprint density at radius 2 is 1.92 bits per heavy atom. The van der Waals surface area contributed by atoms with Gasteiger partial charge in [0.1, 0.15) is 5.75 Å². The summed E-state index contributed by atoms with van der Waals surface area (Å²) >= 11 is 0. The topological polar surface area (TPSA) is 81.7 Å². The van der Waals surface area contributed by atoms with Crippen LogP contribution in [0.5, 0.6) is 5.75 Å². The van der Waals surface area contributed by atoms with Crippen molar-refractivity contribution in [1.29, 1.82) is 0 Å². The third-order valence-electron chi connectivity index (χ3n) is 3.58. The molecule has 0 aliphatic heterocycles. The number of carbonyl (C=O) groups is 3. The molecule has 6 nitrogen and oxygen atoms in total. The van der Waals surface area contributed by atoms with E-state index in [9.17, 15) is 14.4 Å². The molecule has 0 saturated carbocycles. The van der Waals surface area contributed by atoms with Crippen LogP contribution in [0.2, 0.25) is 0 Å². The summed E-state index contributed by atoms with van der Waals surface area (Å²) in [7, 11) is 1.54. The van der Waals surface area contributed by atoms with Crippen LogP contribution < -0.4 is 10.1 Å². The van der Waals surface area contributed by atoms with Gasteiger partial charge >= 0.3 is 5.97 Å². The number of ether oxygens (including phenoxy) is 2. The van der Waals surface area contributed by atoms with Crippen molar-refractivity contribution in [1.82, 2.24) is 5.32 Å². The van der Waals surface area contributed by atoms with Crippen molar-refractivity contribution < 1.29 is 23.9 Å². The van der Waals surface area contributed by atoms with Crippen molar-refractivity contribution in [3.05, 3.63) is 29.3 Å². The van der Waals surface area contributed by atoms with Gasteiger partial charge < -0.3 is 14.8 Å². The maximum absolute atomic E-state index is 12.7. The molecule has 0 saturated heterocycles. The Morgan fingerprint density at radius 3 is 2.46 bits per heavy atom. The number of esters is 1. The maximum atomic E-state index is 12.7. The van der Waals surface area contributed by atoms with E-state index in [0.717, 1.165) is 0 Å². The van der Waals surface area contributed by atoms with Crippen LogP contribution in [0, 0.1) is 0 Å². The SMILES string of the molecule is CCOC(=O)CCc1cc(OC)ccc1C(=O)C(CC)NC(C)=O. The van der Waals surface area contributed by atoms with Gasteiger partial charge in [0, 0.05) is 18.9 Å². The van der Waals surface area contributed by atoms with E-state index in [0.29, 0.717) is 36.3 Å². The lowest BCUT2D eigenvalue weighted by Gasteiger charge is -2.17. The van der Waals surface area contributed by atoms with Crippen molar-refractivity contribution in [3.8, 4) is 5.75 Å². The van der Waals surface area contributed by atoms with Crippen molar-refractivity contribution in [2.45, 2.75) is 46.1 Å². The van der Waals surface area contributed by atoms with E-state index in [-0.39, 0.29) is 24.1 Å².